The second-order valence-corrected chi connectivity index (χ2v) is 6.22. The topological polar surface area (TPSA) is 0 Å². The Bertz CT molecular complexity index is 150. The first-order chi connectivity index (χ1) is 8.81. The van der Waals surface area contributed by atoms with E-state index >= 15 is 0 Å². The van der Waals surface area contributed by atoms with E-state index in [1.165, 1.54) is 89.9 Å². The molecule has 19 heavy (non-hydrogen) atoms. The first-order valence-corrected chi connectivity index (χ1v) is 8.81. The van der Waals surface area contributed by atoms with Crippen LogP contribution in [0.2, 0.25) is 0 Å². The molecule has 0 saturated carbocycles. The summed E-state index contributed by atoms with van der Waals surface area (Å²) >= 11 is 0. The summed E-state index contributed by atoms with van der Waals surface area (Å²) in [5.74, 6) is 0.974. The van der Waals surface area contributed by atoms with E-state index in [0.29, 0.717) is 0 Å². The third kappa shape index (κ3) is 19.0. The van der Waals surface area contributed by atoms with Gasteiger partial charge in [-0.1, -0.05) is 111 Å². The molecule has 0 rings (SSSR count). The Morgan fingerprint density at radius 1 is 0.579 bits per heavy atom. The van der Waals surface area contributed by atoms with Crippen LogP contribution in [0.4, 0.5) is 0 Å². The van der Waals surface area contributed by atoms with Crippen LogP contribution in [0.1, 0.15) is 112 Å². The van der Waals surface area contributed by atoms with E-state index < -0.39 is 0 Å². The van der Waals surface area contributed by atoms with Crippen molar-refractivity contribution in [2.24, 2.45) is 5.92 Å². The number of hydrogen-bond acceptors (Lipinski definition) is 0. The molecule has 0 aromatic heterocycles. The van der Waals surface area contributed by atoms with Crippen molar-refractivity contribution in [3.63, 3.8) is 0 Å². The van der Waals surface area contributed by atoms with Gasteiger partial charge in [-0.25, -0.2) is 0 Å². The smallest absolute Gasteiger partial charge is 1.00 e. The minimum Gasteiger partial charge on any atom is -1.00 e. The van der Waals surface area contributed by atoms with Gasteiger partial charge in [0.15, 0.2) is 0 Å². The molecule has 0 fully saturated rings. The quantitative estimate of drug-likeness (QED) is 0.329. The average molecular weight is 278 g/mol. The molecule has 0 saturated heterocycles. The molecule has 0 aromatic carbocycles. The number of unbranched alkanes of at least 4 members (excludes halogenated alkanes) is 10. The molecular formula is C18H39Na. The normalized spacial score (nSPS) is 12.2. The molecule has 0 aliphatic rings. The van der Waals surface area contributed by atoms with Crippen molar-refractivity contribution in [1.82, 2.24) is 0 Å². The van der Waals surface area contributed by atoms with Gasteiger partial charge in [-0.05, 0) is 5.92 Å². The third-order valence-corrected chi connectivity index (χ3v) is 4.10. The third-order valence-electron chi connectivity index (χ3n) is 4.10. The fourth-order valence-corrected chi connectivity index (χ4v) is 2.69. The summed E-state index contributed by atoms with van der Waals surface area (Å²) in [6.45, 7) is 7.04. The Kier molecular flexibility index (Phi) is 22.3. The molecule has 1 unspecified atom stereocenters. The predicted octanol–water partition coefficient (Wildman–Crippen LogP) is 4.24. The van der Waals surface area contributed by atoms with E-state index in [2.05, 4.69) is 20.8 Å². The largest absolute Gasteiger partial charge is 1.00 e. The van der Waals surface area contributed by atoms with Crippen molar-refractivity contribution in [3.8, 4) is 0 Å². The summed E-state index contributed by atoms with van der Waals surface area (Å²) in [6, 6.07) is 0. The molecule has 0 N–H and O–H groups in total. The summed E-state index contributed by atoms with van der Waals surface area (Å²) in [6.07, 6.45) is 20.3. The molecule has 0 amide bonds. The van der Waals surface area contributed by atoms with Gasteiger partial charge in [-0.15, -0.1) is 0 Å². The zero-order valence-electron chi connectivity index (χ0n) is 15.5. The van der Waals surface area contributed by atoms with Crippen LogP contribution in [0, 0.1) is 5.92 Å². The molecule has 0 aromatic rings. The first kappa shape index (κ1) is 22.3. The summed E-state index contributed by atoms with van der Waals surface area (Å²) in [4.78, 5) is 0. The van der Waals surface area contributed by atoms with Crippen molar-refractivity contribution in [1.29, 1.82) is 0 Å². The minimum atomic E-state index is 0. The van der Waals surface area contributed by atoms with Gasteiger partial charge in [0.1, 0.15) is 0 Å². The fourth-order valence-electron chi connectivity index (χ4n) is 2.69. The van der Waals surface area contributed by atoms with Crippen molar-refractivity contribution in [2.75, 3.05) is 0 Å². The van der Waals surface area contributed by atoms with Gasteiger partial charge in [0.25, 0.3) is 0 Å². The standard InChI is InChI=1S/C18H38.Na.H/c1-4-6-8-10-11-12-13-15-17-18(3)16-14-9-7-5-2;;/h18H,4-17H2,1-3H3;;/q;+1;-1. The van der Waals surface area contributed by atoms with Crippen LogP contribution in [0.25, 0.3) is 0 Å². The van der Waals surface area contributed by atoms with Gasteiger partial charge in [0.2, 0.25) is 0 Å². The Morgan fingerprint density at radius 3 is 1.32 bits per heavy atom. The molecule has 1 heteroatoms. The average Bonchev–Trinajstić information content (AvgIpc) is 2.38. The van der Waals surface area contributed by atoms with Crippen molar-refractivity contribution >= 4 is 0 Å². The van der Waals surface area contributed by atoms with Crippen LogP contribution in [0.5, 0.6) is 0 Å². The summed E-state index contributed by atoms with van der Waals surface area (Å²) in [7, 11) is 0. The number of hydrogen-bond donors (Lipinski definition) is 0. The van der Waals surface area contributed by atoms with E-state index in [4.69, 9.17) is 0 Å². The maximum Gasteiger partial charge on any atom is 1.00 e. The molecule has 0 bridgehead atoms. The monoisotopic (exact) mass is 278 g/mol. The first-order valence-electron chi connectivity index (χ1n) is 8.81. The maximum absolute atomic E-state index is 2.45. The van der Waals surface area contributed by atoms with E-state index in [0.717, 1.165) is 5.92 Å². The second-order valence-electron chi connectivity index (χ2n) is 6.22. The maximum atomic E-state index is 2.45. The molecule has 0 spiro atoms. The summed E-state index contributed by atoms with van der Waals surface area (Å²) < 4.78 is 0. The molecule has 1 atom stereocenters. The summed E-state index contributed by atoms with van der Waals surface area (Å²) in [5, 5.41) is 0. The van der Waals surface area contributed by atoms with E-state index in [1.54, 1.807) is 0 Å². The molecule has 0 aliphatic heterocycles. The van der Waals surface area contributed by atoms with E-state index in [9.17, 15) is 0 Å². The van der Waals surface area contributed by atoms with Gasteiger partial charge >= 0.3 is 29.6 Å². The molecule has 0 aliphatic carbocycles. The van der Waals surface area contributed by atoms with Crippen LogP contribution in [-0.2, 0) is 0 Å². The Hall–Kier alpha value is 1.00. The van der Waals surface area contributed by atoms with Crippen molar-refractivity contribution in [2.45, 2.75) is 111 Å². The summed E-state index contributed by atoms with van der Waals surface area (Å²) in [5.41, 5.74) is 0. The van der Waals surface area contributed by atoms with Crippen LogP contribution in [-0.4, -0.2) is 0 Å². The predicted molar refractivity (Wildman–Crippen MR) is 86.3 cm³/mol. The van der Waals surface area contributed by atoms with Crippen LogP contribution < -0.4 is 29.6 Å². The van der Waals surface area contributed by atoms with E-state index in [1.807, 2.05) is 0 Å². The van der Waals surface area contributed by atoms with Crippen LogP contribution in [0.3, 0.4) is 0 Å². The second kappa shape index (κ2) is 19.0. The Balaban J connectivity index is -0.00000144. The zero-order valence-corrected chi connectivity index (χ0v) is 16.5. The number of rotatable bonds is 14. The van der Waals surface area contributed by atoms with Gasteiger partial charge < -0.3 is 1.43 Å². The molecule has 0 radical (unpaired) electrons. The van der Waals surface area contributed by atoms with Crippen molar-refractivity contribution in [3.05, 3.63) is 0 Å². The SMILES string of the molecule is CCCCCCCCCCC(C)CCCCCC.[H-].[Na+]. The van der Waals surface area contributed by atoms with Gasteiger partial charge in [0, 0.05) is 0 Å². The van der Waals surface area contributed by atoms with Crippen LogP contribution in [0.15, 0.2) is 0 Å². The molecule has 0 nitrogen and oxygen atoms in total. The van der Waals surface area contributed by atoms with Gasteiger partial charge in [0.05, 0.1) is 0 Å². The molecule has 0 heterocycles. The van der Waals surface area contributed by atoms with Gasteiger partial charge in [-0.3, -0.25) is 0 Å². The van der Waals surface area contributed by atoms with Gasteiger partial charge in [-0.2, -0.15) is 0 Å². The van der Waals surface area contributed by atoms with Crippen molar-refractivity contribution < 1.29 is 31.0 Å². The Morgan fingerprint density at radius 2 is 0.895 bits per heavy atom. The van der Waals surface area contributed by atoms with E-state index in [-0.39, 0.29) is 31.0 Å². The fraction of sp³-hybridized carbons (Fsp3) is 1.00. The Labute approximate surface area is 147 Å². The van der Waals surface area contributed by atoms with Crippen LogP contribution >= 0.6 is 0 Å². The minimum absolute atomic E-state index is 0. The zero-order chi connectivity index (χ0) is 13.5. The molecular weight excluding hydrogens is 239 g/mol. The molecule has 112 valence electrons.